The first-order chi connectivity index (χ1) is 16.5. The third-order valence-corrected chi connectivity index (χ3v) is 4.99. The van der Waals surface area contributed by atoms with E-state index in [2.05, 4.69) is 25.8 Å². The molecule has 0 unspecified atom stereocenters. The first-order valence-electron chi connectivity index (χ1n) is 10.5. The molecule has 0 radical (unpaired) electrons. The lowest BCUT2D eigenvalue weighted by Gasteiger charge is -2.07. The van der Waals surface area contributed by atoms with Gasteiger partial charge in [0.05, 0.1) is 5.69 Å². The fourth-order valence-corrected chi connectivity index (χ4v) is 3.38. The van der Waals surface area contributed by atoms with Crippen molar-refractivity contribution in [3.05, 3.63) is 95.9 Å². The molecule has 0 aliphatic heterocycles. The summed E-state index contributed by atoms with van der Waals surface area (Å²) in [6.07, 6.45) is 0. The zero-order valence-electron chi connectivity index (χ0n) is 18.5. The van der Waals surface area contributed by atoms with Crippen LogP contribution in [0.2, 0.25) is 0 Å². The van der Waals surface area contributed by atoms with E-state index >= 15 is 0 Å². The van der Waals surface area contributed by atoms with E-state index in [1.54, 1.807) is 47.1 Å². The van der Waals surface area contributed by atoms with Gasteiger partial charge in [-0.05, 0) is 50.2 Å². The minimum absolute atomic E-state index is 0.192. The molecule has 1 amide bonds. The van der Waals surface area contributed by atoms with Gasteiger partial charge in [0, 0.05) is 29.1 Å². The summed E-state index contributed by atoms with van der Waals surface area (Å²) in [6, 6.07) is 23.5. The second-order valence-electron chi connectivity index (χ2n) is 7.59. The number of nitrogens with one attached hydrogen (secondary N) is 1. The van der Waals surface area contributed by atoms with E-state index in [9.17, 15) is 4.79 Å². The highest BCUT2D eigenvalue weighted by molar-refractivity contribution is 6.03. The molecule has 0 spiro atoms. The number of nitrogens with zero attached hydrogens (tertiary/aromatic N) is 5. The van der Waals surface area contributed by atoms with Crippen molar-refractivity contribution in [2.24, 2.45) is 0 Å². The quantitative estimate of drug-likeness (QED) is 0.387. The molecule has 3 aromatic heterocycles. The summed E-state index contributed by atoms with van der Waals surface area (Å²) in [5, 5.41) is 19.4. The van der Waals surface area contributed by atoms with Crippen LogP contribution in [0.4, 0.5) is 5.69 Å². The van der Waals surface area contributed by atoms with Crippen molar-refractivity contribution in [1.29, 1.82) is 0 Å². The summed E-state index contributed by atoms with van der Waals surface area (Å²) in [5.74, 6) is 1.67. The number of anilines is 1. The molecule has 9 heteroatoms. The Kier molecular flexibility index (Phi) is 5.57. The Hall–Kier alpha value is -4.79. The molecule has 9 nitrogen and oxygen atoms in total. The van der Waals surface area contributed by atoms with Gasteiger partial charge in [-0.1, -0.05) is 35.5 Å². The zero-order chi connectivity index (χ0) is 23.5. The predicted octanol–water partition coefficient (Wildman–Crippen LogP) is 4.98. The molecule has 0 atom stereocenters. The molecular weight excluding hydrogens is 432 g/mol. The fourth-order valence-electron chi connectivity index (χ4n) is 3.38. The minimum atomic E-state index is -0.370. The van der Waals surface area contributed by atoms with E-state index in [1.807, 2.05) is 50.2 Å². The molecule has 5 rings (SSSR count). The van der Waals surface area contributed by atoms with Crippen LogP contribution in [0.3, 0.4) is 0 Å². The second kappa shape index (κ2) is 8.99. The predicted molar refractivity (Wildman–Crippen MR) is 125 cm³/mol. The maximum Gasteiger partial charge on any atom is 0.277 e. The van der Waals surface area contributed by atoms with Crippen LogP contribution in [0.1, 0.15) is 21.9 Å². The van der Waals surface area contributed by atoms with Gasteiger partial charge in [0.2, 0.25) is 5.88 Å². The summed E-state index contributed by atoms with van der Waals surface area (Å²) in [5.41, 5.74) is 3.51. The molecule has 2 aromatic carbocycles. The lowest BCUT2D eigenvalue weighted by atomic mass is 10.1. The average molecular weight is 452 g/mol. The van der Waals surface area contributed by atoms with Crippen LogP contribution in [0.25, 0.3) is 17.1 Å². The van der Waals surface area contributed by atoms with Gasteiger partial charge in [-0.25, -0.2) is 4.68 Å². The molecule has 0 aliphatic rings. The topological polar surface area (TPSA) is 108 Å². The summed E-state index contributed by atoms with van der Waals surface area (Å²) < 4.78 is 12.8. The Labute approximate surface area is 195 Å². The number of benzene rings is 2. The second-order valence-corrected chi connectivity index (χ2v) is 7.59. The molecule has 0 saturated carbocycles. The van der Waals surface area contributed by atoms with Gasteiger partial charge in [-0.15, -0.1) is 10.2 Å². The number of hydrogen-bond donors (Lipinski definition) is 1. The third kappa shape index (κ3) is 4.53. The maximum absolute atomic E-state index is 12.5. The Morgan fingerprint density at radius 3 is 2.41 bits per heavy atom. The number of carbonyl (C=O) groups excluding carboxylic acids is 1. The van der Waals surface area contributed by atoms with Gasteiger partial charge in [0.15, 0.2) is 17.3 Å². The Bertz CT molecular complexity index is 1420. The van der Waals surface area contributed by atoms with Crippen LogP contribution in [0.5, 0.6) is 11.6 Å². The van der Waals surface area contributed by atoms with Crippen LogP contribution in [-0.2, 0) is 0 Å². The molecule has 0 bridgehead atoms. The minimum Gasteiger partial charge on any atom is -0.438 e. The first kappa shape index (κ1) is 21.1. The van der Waals surface area contributed by atoms with Crippen molar-refractivity contribution >= 4 is 11.6 Å². The number of amides is 1. The van der Waals surface area contributed by atoms with Gasteiger partial charge in [0.25, 0.3) is 5.91 Å². The first-order valence-corrected chi connectivity index (χ1v) is 10.5. The number of hydrogen-bond acceptors (Lipinski definition) is 7. The van der Waals surface area contributed by atoms with E-state index in [1.165, 1.54) is 0 Å². The Morgan fingerprint density at radius 2 is 1.74 bits per heavy atom. The lowest BCUT2D eigenvalue weighted by Crippen LogP contribution is -2.12. The molecule has 34 heavy (non-hydrogen) atoms. The number of aryl methyl sites for hydroxylation is 2. The van der Waals surface area contributed by atoms with Crippen molar-refractivity contribution < 1.29 is 14.1 Å². The third-order valence-electron chi connectivity index (χ3n) is 4.99. The summed E-state index contributed by atoms with van der Waals surface area (Å²) in [7, 11) is 0. The number of rotatable bonds is 6. The Morgan fingerprint density at radius 1 is 0.941 bits per heavy atom. The van der Waals surface area contributed by atoms with E-state index in [-0.39, 0.29) is 11.6 Å². The standard InChI is InChI=1S/C25H20N6O3/c1-16-14-17(2)31(29-16)23-12-13-24(28-27-23)33-20-10-8-19(9-11-20)26-25(32)21-15-22(34-30-21)18-6-4-3-5-7-18/h3-15H,1-2H3,(H,26,32). The van der Waals surface area contributed by atoms with Crippen molar-refractivity contribution in [3.63, 3.8) is 0 Å². The molecule has 5 aromatic rings. The summed E-state index contributed by atoms with van der Waals surface area (Å²) >= 11 is 0. The summed E-state index contributed by atoms with van der Waals surface area (Å²) in [6.45, 7) is 3.88. The van der Waals surface area contributed by atoms with Crippen LogP contribution in [0, 0.1) is 13.8 Å². The molecule has 1 N–H and O–H groups in total. The van der Waals surface area contributed by atoms with E-state index in [0.29, 0.717) is 28.9 Å². The number of ether oxygens (including phenoxy) is 1. The molecule has 0 saturated heterocycles. The van der Waals surface area contributed by atoms with Crippen LogP contribution >= 0.6 is 0 Å². The van der Waals surface area contributed by atoms with Gasteiger partial charge in [-0.2, -0.15) is 5.10 Å². The van der Waals surface area contributed by atoms with E-state index < -0.39 is 0 Å². The summed E-state index contributed by atoms with van der Waals surface area (Å²) in [4.78, 5) is 12.5. The lowest BCUT2D eigenvalue weighted by molar-refractivity contribution is 0.101. The highest BCUT2D eigenvalue weighted by atomic mass is 16.5. The van der Waals surface area contributed by atoms with Gasteiger partial charge >= 0.3 is 0 Å². The molecule has 168 valence electrons. The molecular formula is C25H20N6O3. The van der Waals surface area contributed by atoms with Crippen molar-refractivity contribution in [1.82, 2.24) is 25.1 Å². The SMILES string of the molecule is Cc1cc(C)n(-c2ccc(Oc3ccc(NC(=O)c4cc(-c5ccccc5)on4)cc3)nn2)n1. The number of aromatic nitrogens is 5. The van der Waals surface area contributed by atoms with E-state index in [4.69, 9.17) is 9.26 Å². The maximum atomic E-state index is 12.5. The van der Waals surface area contributed by atoms with Gasteiger partial charge in [0.1, 0.15) is 5.75 Å². The van der Waals surface area contributed by atoms with Crippen molar-refractivity contribution in [3.8, 4) is 28.8 Å². The van der Waals surface area contributed by atoms with Crippen LogP contribution < -0.4 is 10.1 Å². The van der Waals surface area contributed by atoms with E-state index in [0.717, 1.165) is 17.0 Å². The smallest absolute Gasteiger partial charge is 0.277 e. The Balaban J connectivity index is 1.21. The molecule has 0 fully saturated rings. The van der Waals surface area contributed by atoms with Gasteiger partial charge in [-0.3, -0.25) is 4.79 Å². The van der Waals surface area contributed by atoms with Crippen molar-refractivity contribution in [2.75, 3.05) is 5.32 Å². The van der Waals surface area contributed by atoms with Crippen LogP contribution in [-0.4, -0.2) is 31.0 Å². The zero-order valence-corrected chi connectivity index (χ0v) is 18.5. The fraction of sp³-hybridized carbons (Fsp3) is 0.0800. The van der Waals surface area contributed by atoms with Gasteiger partial charge < -0.3 is 14.6 Å². The highest BCUT2D eigenvalue weighted by Gasteiger charge is 2.14. The largest absolute Gasteiger partial charge is 0.438 e. The average Bonchev–Trinajstić information content (AvgIpc) is 3.48. The van der Waals surface area contributed by atoms with Crippen molar-refractivity contribution in [2.45, 2.75) is 13.8 Å². The highest BCUT2D eigenvalue weighted by Crippen LogP contribution is 2.23. The van der Waals surface area contributed by atoms with Crippen LogP contribution in [0.15, 0.2) is 83.4 Å². The normalized spacial score (nSPS) is 10.8. The monoisotopic (exact) mass is 452 g/mol. The number of carbonyl (C=O) groups is 1. The molecule has 0 aliphatic carbocycles. The molecule has 3 heterocycles.